The van der Waals surface area contributed by atoms with Gasteiger partial charge in [0.1, 0.15) is 0 Å². The van der Waals surface area contributed by atoms with Gasteiger partial charge in [-0.2, -0.15) is 0 Å². The molecule has 0 aliphatic heterocycles. The highest BCUT2D eigenvalue weighted by Crippen LogP contribution is 2.25. The molecule has 1 aliphatic rings. The molecule has 0 aromatic heterocycles. The molecule has 1 amide bonds. The van der Waals surface area contributed by atoms with E-state index in [0.717, 1.165) is 31.9 Å². The fourth-order valence-corrected chi connectivity index (χ4v) is 3.74. The summed E-state index contributed by atoms with van der Waals surface area (Å²) in [5, 5.41) is 3.00. The second-order valence-electron chi connectivity index (χ2n) is 5.58. The standard InChI is InChI=1S/C15H20ClNO3S/c1-21(19,20)13-7-4-6-11(9-13)15(18)17-14-8-3-2-5-12(14)10-16/h4,6-7,9,12,14H,2-3,5,8,10H2,1H3,(H,17,18). The quantitative estimate of drug-likeness (QED) is 0.864. The highest BCUT2D eigenvalue weighted by molar-refractivity contribution is 7.90. The molecule has 0 bridgehead atoms. The van der Waals surface area contributed by atoms with E-state index < -0.39 is 9.84 Å². The molecule has 1 N–H and O–H groups in total. The van der Waals surface area contributed by atoms with Gasteiger partial charge in [0.05, 0.1) is 4.90 Å². The van der Waals surface area contributed by atoms with Crippen LogP contribution in [0.3, 0.4) is 0 Å². The zero-order valence-electron chi connectivity index (χ0n) is 12.0. The second kappa shape index (κ2) is 6.79. The van der Waals surface area contributed by atoms with Crippen molar-refractivity contribution in [3.63, 3.8) is 0 Å². The van der Waals surface area contributed by atoms with E-state index in [1.54, 1.807) is 12.1 Å². The number of halogens is 1. The van der Waals surface area contributed by atoms with Crippen molar-refractivity contribution in [3.05, 3.63) is 29.8 Å². The molecular formula is C15H20ClNO3S. The maximum atomic E-state index is 12.3. The second-order valence-corrected chi connectivity index (χ2v) is 7.90. The summed E-state index contributed by atoms with van der Waals surface area (Å²) in [5.74, 6) is 0.596. The molecule has 1 aliphatic carbocycles. The van der Waals surface area contributed by atoms with Crippen molar-refractivity contribution in [2.24, 2.45) is 5.92 Å². The van der Waals surface area contributed by atoms with Crippen molar-refractivity contribution in [2.45, 2.75) is 36.6 Å². The van der Waals surface area contributed by atoms with Gasteiger partial charge in [0.2, 0.25) is 0 Å². The molecule has 6 heteroatoms. The molecule has 116 valence electrons. The third-order valence-corrected chi connectivity index (χ3v) is 5.45. The largest absolute Gasteiger partial charge is 0.349 e. The maximum absolute atomic E-state index is 12.3. The SMILES string of the molecule is CS(=O)(=O)c1cccc(C(=O)NC2CCCCC2CCl)c1. The number of benzene rings is 1. The van der Waals surface area contributed by atoms with Gasteiger partial charge in [-0.05, 0) is 37.0 Å². The fraction of sp³-hybridized carbons (Fsp3) is 0.533. The van der Waals surface area contributed by atoms with Gasteiger partial charge in [0.15, 0.2) is 9.84 Å². The molecule has 0 saturated heterocycles. The molecule has 1 aromatic carbocycles. The highest BCUT2D eigenvalue weighted by atomic mass is 35.5. The molecule has 0 radical (unpaired) electrons. The van der Waals surface area contributed by atoms with Crippen LogP contribution in [-0.2, 0) is 9.84 Å². The van der Waals surface area contributed by atoms with Crippen LogP contribution in [0.15, 0.2) is 29.2 Å². The van der Waals surface area contributed by atoms with E-state index in [1.165, 1.54) is 12.1 Å². The molecule has 0 spiro atoms. The van der Waals surface area contributed by atoms with Crippen LogP contribution >= 0.6 is 11.6 Å². The van der Waals surface area contributed by atoms with Gasteiger partial charge in [0.25, 0.3) is 5.91 Å². The van der Waals surface area contributed by atoms with Crippen LogP contribution in [0.1, 0.15) is 36.0 Å². The predicted molar refractivity (Wildman–Crippen MR) is 83.5 cm³/mol. The lowest BCUT2D eigenvalue weighted by atomic mass is 9.85. The molecule has 1 aromatic rings. The third-order valence-electron chi connectivity index (χ3n) is 3.95. The van der Waals surface area contributed by atoms with E-state index in [0.29, 0.717) is 17.4 Å². The lowest BCUT2D eigenvalue weighted by Crippen LogP contribution is -2.42. The fourth-order valence-electron chi connectivity index (χ4n) is 2.70. The Balaban J connectivity index is 2.13. The van der Waals surface area contributed by atoms with E-state index in [-0.39, 0.29) is 16.8 Å². The van der Waals surface area contributed by atoms with Crippen LogP contribution in [0.2, 0.25) is 0 Å². The van der Waals surface area contributed by atoms with E-state index in [1.807, 2.05) is 0 Å². The average Bonchev–Trinajstić information content (AvgIpc) is 2.47. The molecule has 0 heterocycles. The van der Waals surface area contributed by atoms with Crippen LogP contribution < -0.4 is 5.32 Å². The Bertz CT molecular complexity index is 615. The van der Waals surface area contributed by atoms with E-state index in [2.05, 4.69) is 5.32 Å². The molecule has 2 unspecified atom stereocenters. The molecule has 21 heavy (non-hydrogen) atoms. The maximum Gasteiger partial charge on any atom is 0.251 e. The number of amides is 1. The molecule has 1 fully saturated rings. The number of nitrogens with one attached hydrogen (secondary N) is 1. The van der Waals surface area contributed by atoms with Gasteiger partial charge in [-0.3, -0.25) is 4.79 Å². The summed E-state index contributed by atoms with van der Waals surface area (Å²) in [5.41, 5.74) is 0.372. The van der Waals surface area contributed by atoms with E-state index >= 15 is 0 Å². The number of hydrogen-bond donors (Lipinski definition) is 1. The summed E-state index contributed by atoms with van der Waals surface area (Å²) in [6.45, 7) is 0. The summed E-state index contributed by atoms with van der Waals surface area (Å²) in [6.07, 6.45) is 5.32. The number of alkyl halides is 1. The van der Waals surface area contributed by atoms with Gasteiger partial charge in [-0.25, -0.2) is 8.42 Å². The molecular weight excluding hydrogens is 310 g/mol. The smallest absolute Gasteiger partial charge is 0.251 e. The Morgan fingerprint density at radius 3 is 2.71 bits per heavy atom. The number of rotatable bonds is 4. The van der Waals surface area contributed by atoms with Crippen LogP contribution in [0.25, 0.3) is 0 Å². The zero-order valence-corrected chi connectivity index (χ0v) is 13.6. The zero-order chi connectivity index (χ0) is 15.5. The first-order valence-corrected chi connectivity index (χ1v) is 9.51. The summed E-state index contributed by atoms with van der Waals surface area (Å²) >= 11 is 5.96. The van der Waals surface area contributed by atoms with Gasteiger partial charge in [0, 0.05) is 23.7 Å². The summed E-state index contributed by atoms with van der Waals surface area (Å²) in [4.78, 5) is 12.5. The van der Waals surface area contributed by atoms with Crippen molar-refractivity contribution in [2.75, 3.05) is 12.1 Å². The highest BCUT2D eigenvalue weighted by Gasteiger charge is 2.26. The van der Waals surface area contributed by atoms with E-state index in [9.17, 15) is 13.2 Å². The Labute approximate surface area is 130 Å². The minimum atomic E-state index is -3.31. The minimum Gasteiger partial charge on any atom is -0.349 e. The lowest BCUT2D eigenvalue weighted by Gasteiger charge is -2.30. The van der Waals surface area contributed by atoms with Crippen molar-refractivity contribution in [1.29, 1.82) is 0 Å². The van der Waals surface area contributed by atoms with Crippen LogP contribution in [-0.4, -0.2) is 32.5 Å². The Hall–Kier alpha value is -1.07. The molecule has 1 saturated carbocycles. The number of sulfone groups is 1. The summed E-state index contributed by atoms with van der Waals surface area (Å²) in [6, 6.07) is 6.20. The van der Waals surface area contributed by atoms with Crippen LogP contribution in [0.5, 0.6) is 0 Å². The van der Waals surface area contributed by atoms with Crippen molar-refractivity contribution >= 4 is 27.3 Å². The molecule has 2 atom stereocenters. The van der Waals surface area contributed by atoms with Crippen molar-refractivity contribution in [1.82, 2.24) is 5.32 Å². The van der Waals surface area contributed by atoms with Gasteiger partial charge in [-0.15, -0.1) is 11.6 Å². The van der Waals surface area contributed by atoms with Crippen LogP contribution in [0.4, 0.5) is 0 Å². The summed E-state index contributed by atoms with van der Waals surface area (Å²) < 4.78 is 23.1. The van der Waals surface area contributed by atoms with Gasteiger partial charge < -0.3 is 5.32 Å². The minimum absolute atomic E-state index is 0.0747. The predicted octanol–water partition coefficient (Wildman–Crippen LogP) is 2.62. The number of carbonyl (C=O) groups excluding carboxylic acids is 1. The monoisotopic (exact) mass is 329 g/mol. The summed E-state index contributed by atoms with van der Waals surface area (Å²) in [7, 11) is -3.31. The third kappa shape index (κ3) is 4.20. The van der Waals surface area contributed by atoms with E-state index in [4.69, 9.17) is 11.6 Å². The molecule has 4 nitrogen and oxygen atoms in total. The Morgan fingerprint density at radius 2 is 2.05 bits per heavy atom. The molecule has 2 rings (SSSR count). The van der Waals surface area contributed by atoms with Gasteiger partial charge >= 0.3 is 0 Å². The number of carbonyl (C=O) groups is 1. The first kappa shape index (κ1) is 16.3. The van der Waals surface area contributed by atoms with Crippen LogP contribution in [0, 0.1) is 5.92 Å². The van der Waals surface area contributed by atoms with Gasteiger partial charge in [-0.1, -0.05) is 18.9 Å². The van der Waals surface area contributed by atoms with Crippen molar-refractivity contribution < 1.29 is 13.2 Å². The topological polar surface area (TPSA) is 63.2 Å². The normalized spacial score (nSPS) is 22.8. The first-order chi connectivity index (χ1) is 9.91. The Morgan fingerprint density at radius 1 is 1.33 bits per heavy atom. The number of hydrogen-bond acceptors (Lipinski definition) is 3. The lowest BCUT2D eigenvalue weighted by molar-refractivity contribution is 0.0911. The average molecular weight is 330 g/mol. The first-order valence-electron chi connectivity index (χ1n) is 7.09. The Kier molecular flexibility index (Phi) is 5.27. The van der Waals surface area contributed by atoms with Crippen molar-refractivity contribution in [3.8, 4) is 0 Å².